The summed E-state index contributed by atoms with van der Waals surface area (Å²) in [6, 6.07) is 5.31. The summed E-state index contributed by atoms with van der Waals surface area (Å²) in [5.41, 5.74) is 2.12. The highest BCUT2D eigenvalue weighted by Crippen LogP contribution is 2.44. The molecule has 0 saturated carbocycles. The van der Waals surface area contributed by atoms with Crippen LogP contribution in [-0.2, 0) is 11.5 Å². The molecule has 4 saturated heterocycles. The predicted molar refractivity (Wildman–Crippen MR) is 197 cm³/mol. The molecular weight excluding hydrogens is 645 g/mol. The first kappa shape index (κ1) is 34.1. The van der Waals surface area contributed by atoms with Crippen LogP contribution in [0, 0.1) is 45.6 Å². The molecule has 4 fully saturated rings. The van der Waals surface area contributed by atoms with Gasteiger partial charge in [-0.3, -0.25) is 0 Å². The maximum absolute atomic E-state index is 9.32. The van der Waals surface area contributed by atoms with E-state index in [0.29, 0.717) is 18.6 Å². The third-order valence-electron chi connectivity index (χ3n) is 11.5. The number of nitrogens with zero attached hydrogens (tertiary/aromatic N) is 11. The highest BCUT2D eigenvalue weighted by molar-refractivity contribution is 6.76. The van der Waals surface area contributed by atoms with Crippen LogP contribution in [0.25, 0.3) is 22.1 Å². The van der Waals surface area contributed by atoms with Gasteiger partial charge in [0.2, 0.25) is 0 Å². The first-order valence-corrected chi connectivity index (χ1v) is 21.6. The predicted octanol–water partition coefficient (Wildman–Crippen LogP) is 4.96. The van der Waals surface area contributed by atoms with Crippen molar-refractivity contribution in [2.45, 2.75) is 59.1 Å². The third kappa shape index (κ3) is 6.71. The third-order valence-corrected chi connectivity index (χ3v) is 13.2. The SMILES string of the molecule is C[C@]12CN(C#N)C[C@H]1CCN(c1ncnc3[nH]ccc13)C2.C[C@]12CN(C#N)C[C@H]1CCN(c1ncnc3c1ccn3COCC[Si](C)(C)C)C2. The maximum Gasteiger partial charge on any atom is 0.179 e. The lowest BCUT2D eigenvalue weighted by Gasteiger charge is -2.42. The molecule has 4 aliphatic heterocycles. The molecule has 0 aromatic carbocycles. The molecule has 1 N–H and O–H groups in total. The van der Waals surface area contributed by atoms with Crippen LogP contribution in [0.4, 0.5) is 11.6 Å². The van der Waals surface area contributed by atoms with Gasteiger partial charge >= 0.3 is 0 Å². The standard InChI is InChI=1S/C21H32N6OSi.C15H18N6/c1-21-12-25(14-22)11-17(21)5-7-26(13-21)19-18-6-8-27(20(18)24-15-23-19)16-28-9-10-29(2,3)4;1-15-7-20(9-16)6-11(15)3-5-21(8-15)14-12-2-4-17-13(12)18-10-19-14/h6,8,15,17H,5,7,9-13,16H2,1-4H3;2,4,10-11H,3,5-8H2,1H3,(H,17,18,19)/t17-,21-;11-,15-/m11/s1. The molecule has 4 aromatic rings. The number of aromatic nitrogens is 6. The molecule has 0 aliphatic carbocycles. The van der Waals surface area contributed by atoms with Crippen LogP contribution >= 0.6 is 0 Å². The number of aromatic amines is 1. The Bertz CT molecular complexity index is 1910. The van der Waals surface area contributed by atoms with Crippen molar-refractivity contribution in [3.8, 4) is 12.4 Å². The van der Waals surface area contributed by atoms with Crippen LogP contribution in [0.2, 0.25) is 25.7 Å². The Kier molecular flexibility index (Phi) is 9.11. The summed E-state index contributed by atoms with van der Waals surface area (Å²) >= 11 is 0. The second kappa shape index (κ2) is 13.4. The summed E-state index contributed by atoms with van der Waals surface area (Å²) < 4.78 is 8.01. The minimum Gasteiger partial charge on any atom is -0.361 e. The molecular formula is C36H50N12OSi. The smallest absolute Gasteiger partial charge is 0.179 e. The molecule has 0 amide bonds. The van der Waals surface area contributed by atoms with Gasteiger partial charge in [0.05, 0.1) is 10.8 Å². The van der Waals surface area contributed by atoms with Crippen LogP contribution in [0.5, 0.6) is 0 Å². The van der Waals surface area contributed by atoms with Gasteiger partial charge in [0.25, 0.3) is 0 Å². The van der Waals surface area contributed by atoms with Crippen molar-refractivity contribution in [1.29, 1.82) is 10.5 Å². The fourth-order valence-corrected chi connectivity index (χ4v) is 9.39. The molecule has 14 heteroatoms. The monoisotopic (exact) mass is 694 g/mol. The number of nitriles is 2. The molecule has 8 heterocycles. The quantitative estimate of drug-likeness (QED) is 0.159. The summed E-state index contributed by atoms with van der Waals surface area (Å²) in [5, 5.41) is 20.6. The van der Waals surface area contributed by atoms with E-state index in [1.165, 1.54) is 6.04 Å². The zero-order valence-corrected chi connectivity index (χ0v) is 31.1. The fourth-order valence-electron chi connectivity index (χ4n) is 8.64. The average Bonchev–Trinajstić information content (AvgIpc) is 3.88. The Morgan fingerprint density at radius 3 is 2.04 bits per heavy atom. The molecule has 4 atom stereocenters. The molecule has 0 unspecified atom stereocenters. The Morgan fingerprint density at radius 2 is 1.44 bits per heavy atom. The first-order valence-electron chi connectivity index (χ1n) is 17.9. The van der Waals surface area contributed by atoms with Gasteiger partial charge in [-0.25, -0.2) is 19.9 Å². The summed E-state index contributed by atoms with van der Waals surface area (Å²) in [6.07, 6.45) is 14.1. The van der Waals surface area contributed by atoms with Gasteiger partial charge in [0.1, 0.15) is 42.3 Å². The number of H-pyrrole nitrogens is 1. The van der Waals surface area contributed by atoms with Crippen LogP contribution in [0.15, 0.2) is 37.2 Å². The second-order valence-electron chi connectivity index (χ2n) is 16.6. The van der Waals surface area contributed by atoms with E-state index >= 15 is 0 Å². The van der Waals surface area contributed by atoms with Gasteiger partial charge < -0.3 is 33.9 Å². The van der Waals surface area contributed by atoms with Gasteiger partial charge in [-0.05, 0) is 42.9 Å². The van der Waals surface area contributed by atoms with Crippen molar-refractivity contribution in [2.75, 3.05) is 68.8 Å². The Balaban J connectivity index is 0.000000165. The van der Waals surface area contributed by atoms with Gasteiger partial charge in [0, 0.05) is 90.3 Å². The summed E-state index contributed by atoms with van der Waals surface area (Å²) in [7, 11) is -1.08. The van der Waals surface area contributed by atoms with E-state index in [4.69, 9.17) is 10.00 Å². The van der Waals surface area contributed by atoms with Crippen LogP contribution < -0.4 is 9.80 Å². The number of hydrogen-bond acceptors (Lipinski definition) is 11. The van der Waals surface area contributed by atoms with E-state index in [2.05, 4.69) is 97.4 Å². The van der Waals surface area contributed by atoms with Crippen molar-refractivity contribution in [1.82, 2.24) is 39.3 Å². The number of fused-ring (bicyclic) bond motifs is 4. The first-order chi connectivity index (χ1) is 24.0. The van der Waals surface area contributed by atoms with Gasteiger partial charge in [0.15, 0.2) is 12.4 Å². The van der Waals surface area contributed by atoms with Crippen molar-refractivity contribution in [3.63, 3.8) is 0 Å². The van der Waals surface area contributed by atoms with Crippen molar-refractivity contribution in [3.05, 3.63) is 37.2 Å². The molecule has 8 rings (SSSR count). The second-order valence-corrected chi connectivity index (χ2v) is 22.2. The molecule has 0 spiro atoms. The molecule has 264 valence electrons. The van der Waals surface area contributed by atoms with E-state index < -0.39 is 8.07 Å². The fraction of sp³-hybridized carbons (Fsp3) is 0.611. The minimum atomic E-state index is -1.08. The van der Waals surface area contributed by atoms with Crippen molar-refractivity contribution < 1.29 is 4.74 Å². The molecule has 4 aromatic heterocycles. The molecule has 50 heavy (non-hydrogen) atoms. The lowest BCUT2D eigenvalue weighted by atomic mass is 9.75. The zero-order chi connectivity index (χ0) is 35.1. The van der Waals surface area contributed by atoms with Crippen molar-refractivity contribution in [2.24, 2.45) is 22.7 Å². The number of hydrogen-bond donors (Lipinski definition) is 1. The van der Waals surface area contributed by atoms with Gasteiger partial charge in [-0.15, -0.1) is 0 Å². The van der Waals surface area contributed by atoms with E-state index in [9.17, 15) is 5.26 Å². The molecule has 13 nitrogen and oxygen atoms in total. The zero-order valence-electron chi connectivity index (χ0n) is 30.1. The topological polar surface area (TPSA) is 142 Å². The lowest BCUT2D eigenvalue weighted by molar-refractivity contribution is 0.0899. The molecule has 0 bridgehead atoms. The number of likely N-dealkylation sites (tertiary alicyclic amines) is 2. The number of anilines is 2. The average molecular weight is 695 g/mol. The van der Waals surface area contributed by atoms with Crippen LogP contribution in [-0.4, -0.2) is 106 Å². The van der Waals surface area contributed by atoms with Gasteiger partial charge in [-0.1, -0.05) is 33.5 Å². The van der Waals surface area contributed by atoms with Gasteiger partial charge in [-0.2, -0.15) is 10.5 Å². The summed E-state index contributed by atoms with van der Waals surface area (Å²) in [4.78, 5) is 29.6. The highest BCUT2D eigenvalue weighted by atomic mass is 28.3. The minimum absolute atomic E-state index is 0.133. The molecule has 4 aliphatic rings. The van der Waals surface area contributed by atoms with E-state index in [-0.39, 0.29) is 10.8 Å². The summed E-state index contributed by atoms with van der Waals surface area (Å²) in [5.74, 6) is 3.21. The number of rotatable bonds is 7. The van der Waals surface area contributed by atoms with Crippen LogP contribution in [0.1, 0.15) is 26.7 Å². The van der Waals surface area contributed by atoms with E-state index in [1.807, 2.05) is 22.1 Å². The number of ether oxygens (including phenoxy) is 1. The largest absolute Gasteiger partial charge is 0.361 e. The van der Waals surface area contributed by atoms with Crippen LogP contribution in [0.3, 0.4) is 0 Å². The maximum atomic E-state index is 9.32. The highest BCUT2D eigenvalue weighted by Gasteiger charge is 2.48. The van der Waals surface area contributed by atoms with Crippen molar-refractivity contribution >= 4 is 41.8 Å². The van der Waals surface area contributed by atoms with E-state index in [0.717, 1.165) is 106 Å². The Hall–Kier alpha value is -4.40. The summed E-state index contributed by atoms with van der Waals surface area (Å²) in [6.45, 7) is 20.4. The molecule has 0 radical (unpaired) electrons. The normalized spacial score (nSPS) is 26.4. The Labute approximate surface area is 295 Å². The number of piperidine rings is 2. The number of nitrogens with one attached hydrogen (secondary N) is 1. The van der Waals surface area contributed by atoms with E-state index in [1.54, 1.807) is 12.7 Å². The Morgan fingerprint density at radius 1 is 0.840 bits per heavy atom. The lowest BCUT2D eigenvalue weighted by Crippen LogP contribution is -2.47.